The van der Waals surface area contributed by atoms with Crippen molar-refractivity contribution in [2.24, 2.45) is 0 Å². The minimum absolute atomic E-state index is 0.142. The van der Waals surface area contributed by atoms with Gasteiger partial charge in [0.05, 0.1) is 6.20 Å². The number of carbonyl (C=O) groups excluding carboxylic acids is 1. The minimum Gasteiger partial charge on any atom is -0.441 e. The lowest BCUT2D eigenvalue weighted by Crippen LogP contribution is -2.27. The number of rotatable bonds is 7. The average molecular weight is 300 g/mol. The van der Waals surface area contributed by atoms with Crippen LogP contribution in [0.1, 0.15) is 37.6 Å². The fourth-order valence-corrected chi connectivity index (χ4v) is 2.20. The first-order valence-corrected chi connectivity index (χ1v) is 7.86. The van der Waals surface area contributed by atoms with Gasteiger partial charge in [-0.1, -0.05) is 43.2 Å². The molecule has 0 atom stereocenters. The normalized spacial score (nSPS) is 10.7. The third-order valence-electron chi connectivity index (χ3n) is 3.72. The Labute approximate surface area is 132 Å². The second kappa shape index (κ2) is 7.78. The Morgan fingerprint density at radius 3 is 2.68 bits per heavy atom. The predicted molar refractivity (Wildman–Crippen MR) is 87.5 cm³/mol. The van der Waals surface area contributed by atoms with Gasteiger partial charge in [0.1, 0.15) is 0 Å². The molecular formula is C18H24N2O2. The third kappa shape index (κ3) is 4.45. The van der Waals surface area contributed by atoms with Crippen LogP contribution in [0.25, 0.3) is 11.3 Å². The highest BCUT2D eigenvalue weighted by atomic mass is 16.4. The molecule has 0 bridgehead atoms. The molecule has 2 aromatic rings. The summed E-state index contributed by atoms with van der Waals surface area (Å²) in [4.78, 5) is 18.0. The fourth-order valence-electron chi connectivity index (χ4n) is 2.20. The smallest absolute Gasteiger partial charge is 0.222 e. The van der Waals surface area contributed by atoms with Crippen LogP contribution in [0, 0.1) is 6.92 Å². The van der Waals surface area contributed by atoms with E-state index in [-0.39, 0.29) is 5.91 Å². The molecule has 0 saturated carbocycles. The quantitative estimate of drug-likeness (QED) is 0.780. The second-order valence-corrected chi connectivity index (χ2v) is 5.65. The van der Waals surface area contributed by atoms with E-state index in [2.05, 4.69) is 18.8 Å². The van der Waals surface area contributed by atoms with Crippen molar-refractivity contribution < 1.29 is 9.21 Å². The van der Waals surface area contributed by atoms with Crippen LogP contribution in [-0.2, 0) is 11.2 Å². The molecule has 2 rings (SSSR count). The Hall–Kier alpha value is -2.10. The molecule has 0 aliphatic heterocycles. The van der Waals surface area contributed by atoms with E-state index >= 15 is 0 Å². The number of amides is 1. The van der Waals surface area contributed by atoms with Gasteiger partial charge in [-0.2, -0.15) is 0 Å². The van der Waals surface area contributed by atoms with E-state index < -0.39 is 0 Å². The van der Waals surface area contributed by atoms with Crippen LogP contribution in [0.3, 0.4) is 0 Å². The van der Waals surface area contributed by atoms with E-state index in [0.717, 1.165) is 30.7 Å². The standard InChI is InChI=1S/C18H24N2O2/c1-4-5-12-20(3)18(21)11-10-17-19-13-16(22-17)15-8-6-14(2)7-9-15/h6-9,13H,4-5,10-12H2,1-3H3. The maximum Gasteiger partial charge on any atom is 0.222 e. The van der Waals surface area contributed by atoms with E-state index in [1.807, 2.05) is 31.3 Å². The van der Waals surface area contributed by atoms with Crippen LogP contribution in [0.15, 0.2) is 34.9 Å². The molecule has 4 heteroatoms. The Bertz CT molecular complexity index is 602. The molecule has 0 aliphatic carbocycles. The number of unbranched alkanes of at least 4 members (excludes halogenated alkanes) is 1. The molecule has 22 heavy (non-hydrogen) atoms. The van der Waals surface area contributed by atoms with Gasteiger partial charge in [-0.3, -0.25) is 4.79 Å². The number of aryl methyl sites for hydroxylation is 2. The van der Waals surface area contributed by atoms with Crippen molar-refractivity contribution in [2.45, 2.75) is 39.5 Å². The molecule has 0 radical (unpaired) electrons. The molecule has 0 aliphatic rings. The summed E-state index contributed by atoms with van der Waals surface area (Å²) >= 11 is 0. The number of oxazole rings is 1. The first kappa shape index (κ1) is 16.3. The number of aromatic nitrogens is 1. The summed E-state index contributed by atoms with van der Waals surface area (Å²) < 4.78 is 5.74. The van der Waals surface area contributed by atoms with Gasteiger partial charge in [0.15, 0.2) is 11.7 Å². The monoisotopic (exact) mass is 300 g/mol. The lowest BCUT2D eigenvalue weighted by molar-refractivity contribution is -0.130. The molecule has 1 amide bonds. The number of hydrogen-bond acceptors (Lipinski definition) is 3. The maximum atomic E-state index is 12.0. The van der Waals surface area contributed by atoms with Crippen molar-refractivity contribution in [3.05, 3.63) is 41.9 Å². The minimum atomic E-state index is 0.142. The third-order valence-corrected chi connectivity index (χ3v) is 3.72. The molecular weight excluding hydrogens is 276 g/mol. The first-order valence-electron chi connectivity index (χ1n) is 7.86. The topological polar surface area (TPSA) is 46.3 Å². The van der Waals surface area contributed by atoms with Gasteiger partial charge in [-0.25, -0.2) is 4.98 Å². The van der Waals surface area contributed by atoms with Gasteiger partial charge in [-0.15, -0.1) is 0 Å². The van der Waals surface area contributed by atoms with Gasteiger partial charge in [-0.05, 0) is 13.3 Å². The summed E-state index contributed by atoms with van der Waals surface area (Å²) in [6.07, 6.45) is 4.84. The van der Waals surface area contributed by atoms with E-state index in [9.17, 15) is 4.79 Å². The average Bonchev–Trinajstić information content (AvgIpc) is 2.99. The molecule has 0 N–H and O–H groups in total. The summed E-state index contributed by atoms with van der Waals surface area (Å²) in [5.74, 6) is 1.51. The van der Waals surface area contributed by atoms with Crippen molar-refractivity contribution in [2.75, 3.05) is 13.6 Å². The summed E-state index contributed by atoms with van der Waals surface area (Å²) in [6.45, 7) is 4.99. The molecule has 1 heterocycles. The van der Waals surface area contributed by atoms with Crippen molar-refractivity contribution in [3.63, 3.8) is 0 Å². The lowest BCUT2D eigenvalue weighted by atomic mass is 10.1. The second-order valence-electron chi connectivity index (χ2n) is 5.65. The molecule has 0 saturated heterocycles. The summed E-state index contributed by atoms with van der Waals surface area (Å²) in [6, 6.07) is 8.13. The molecule has 0 spiro atoms. The zero-order chi connectivity index (χ0) is 15.9. The van der Waals surface area contributed by atoms with E-state index in [1.165, 1.54) is 5.56 Å². The fraction of sp³-hybridized carbons (Fsp3) is 0.444. The Morgan fingerprint density at radius 2 is 2.00 bits per heavy atom. The number of carbonyl (C=O) groups is 1. The van der Waals surface area contributed by atoms with Crippen molar-refractivity contribution in [3.8, 4) is 11.3 Å². The van der Waals surface area contributed by atoms with Crippen LogP contribution in [-0.4, -0.2) is 29.4 Å². The van der Waals surface area contributed by atoms with Crippen LogP contribution >= 0.6 is 0 Å². The predicted octanol–water partition coefficient (Wildman–Crippen LogP) is 3.84. The summed E-state index contributed by atoms with van der Waals surface area (Å²) in [5.41, 5.74) is 2.22. The Kier molecular flexibility index (Phi) is 5.75. The molecule has 4 nitrogen and oxygen atoms in total. The largest absolute Gasteiger partial charge is 0.441 e. The zero-order valence-electron chi connectivity index (χ0n) is 13.6. The van der Waals surface area contributed by atoms with Gasteiger partial charge >= 0.3 is 0 Å². The Balaban J connectivity index is 1.89. The summed E-state index contributed by atoms with van der Waals surface area (Å²) in [5, 5.41) is 0. The number of benzene rings is 1. The van der Waals surface area contributed by atoms with Gasteiger partial charge in [0.2, 0.25) is 5.91 Å². The van der Waals surface area contributed by atoms with Crippen molar-refractivity contribution in [1.29, 1.82) is 0 Å². The Morgan fingerprint density at radius 1 is 1.27 bits per heavy atom. The highest BCUT2D eigenvalue weighted by molar-refractivity contribution is 5.76. The molecule has 118 valence electrons. The molecule has 0 unspecified atom stereocenters. The maximum absolute atomic E-state index is 12.0. The van der Waals surface area contributed by atoms with Crippen LogP contribution in [0.5, 0.6) is 0 Å². The summed E-state index contributed by atoms with van der Waals surface area (Å²) in [7, 11) is 1.85. The van der Waals surface area contributed by atoms with Gasteiger partial charge < -0.3 is 9.32 Å². The van der Waals surface area contributed by atoms with E-state index in [1.54, 1.807) is 11.1 Å². The van der Waals surface area contributed by atoms with E-state index in [0.29, 0.717) is 18.7 Å². The molecule has 1 aromatic carbocycles. The highest BCUT2D eigenvalue weighted by Crippen LogP contribution is 2.21. The van der Waals surface area contributed by atoms with Crippen LogP contribution in [0.4, 0.5) is 0 Å². The number of nitrogens with zero attached hydrogens (tertiary/aromatic N) is 2. The number of hydrogen-bond donors (Lipinski definition) is 0. The van der Waals surface area contributed by atoms with Gasteiger partial charge in [0, 0.05) is 32.0 Å². The molecule has 0 fully saturated rings. The van der Waals surface area contributed by atoms with Crippen LogP contribution < -0.4 is 0 Å². The highest BCUT2D eigenvalue weighted by Gasteiger charge is 2.11. The van der Waals surface area contributed by atoms with E-state index in [4.69, 9.17) is 4.42 Å². The zero-order valence-corrected chi connectivity index (χ0v) is 13.6. The van der Waals surface area contributed by atoms with Crippen molar-refractivity contribution >= 4 is 5.91 Å². The van der Waals surface area contributed by atoms with Crippen molar-refractivity contribution in [1.82, 2.24) is 9.88 Å². The SMILES string of the molecule is CCCCN(C)C(=O)CCc1ncc(-c2ccc(C)cc2)o1. The van der Waals surface area contributed by atoms with Crippen LogP contribution in [0.2, 0.25) is 0 Å². The first-order chi connectivity index (χ1) is 10.6. The lowest BCUT2D eigenvalue weighted by Gasteiger charge is -2.15. The van der Waals surface area contributed by atoms with Gasteiger partial charge in [0.25, 0.3) is 0 Å². The molecule has 1 aromatic heterocycles.